The van der Waals surface area contributed by atoms with Crippen molar-refractivity contribution in [3.8, 4) is 0 Å². The van der Waals surface area contributed by atoms with Crippen LogP contribution >= 0.6 is 0 Å². The van der Waals surface area contributed by atoms with Crippen molar-refractivity contribution in [3.05, 3.63) is 0 Å². The number of hydrogen-bond acceptors (Lipinski definition) is 0. The van der Waals surface area contributed by atoms with Gasteiger partial charge in [-0.25, -0.2) is 4.58 Å². The molecular weight excluding hydrogens is 134 g/mol. The van der Waals surface area contributed by atoms with Gasteiger partial charge in [0.1, 0.15) is 18.8 Å². The molecule has 11 heavy (non-hydrogen) atoms. The fourth-order valence-electron chi connectivity index (χ4n) is 1.90. The molecule has 64 valence electrons. The molecule has 0 saturated heterocycles. The molecule has 1 aliphatic heterocycles. The van der Waals surface area contributed by atoms with Crippen LogP contribution in [0.4, 0.5) is 0 Å². The Labute approximate surface area is 70.1 Å². The van der Waals surface area contributed by atoms with Gasteiger partial charge in [0.2, 0.25) is 0 Å². The van der Waals surface area contributed by atoms with Crippen molar-refractivity contribution in [3.63, 3.8) is 0 Å². The molecule has 0 bridgehead atoms. The van der Waals surface area contributed by atoms with Crippen molar-refractivity contribution in [2.75, 3.05) is 6.54 Å². The third-order valence-electron chi connectivity index (χ3n) is 2.41. The standard InChI is InChI=1S/C10H20N/c1-8(2)11-6-9(3)5-10(4)7-11/h6,8-10H,5,7H2,1-4H3/q+1/t9-,10+/m1/s1. The molecule has 0 saturated carbocycles. The maximum absolute atomic E-state index is 2.47. The molecular formula is C10H20N+. The Bertz CT molecular complexity index is 158. The van der Waals surface area contributed by atoms with Crippen LogP contribution in [-0.2, 0) is 0 Å². The Kier molecular flexibility index (Phi) is 2.69. The molecule has 0 aliphatic carbocycles. The van der Waals surface area contributed by atoms with Crippen molar-refractivity contribution in [2.45, 2.75) is 40.2 Å². The Morgan fingerprint density at radius 1 is 1.36 bits per heavy atom. The van der Waals surface area contributed by atoms with Gasteiger partial charge in [0.15, 0.2) is 0 Å². The molecule has 0 amide bonds. The van der Waals surface area contributed by atoms with Crippen molar-refractivity contribution >= 4 is 6.21 Å². The van der Waals surface area contributed by atoms with Crippen molar-refractivity contribution in [2.24, 2.45) is 11.8 Å². The van der Waals surface area contributed by atoms with Gasteiger partial charge in [-0.05, 0) is 20.3 Å². The second kappa shape index (κ2) is 3.38. The van der Waals surface area contributed by atoms with E-state index in [4.69, 9.17) is 0 Å². The summed E-state index contributed by atoms with van der Waals surface area (Å²) >= 11 is 0. The van der Waals surface area contributed by atoms with E-state index in [-0.39, 0.29) is 0 Å². The first kappa shape index (κ1) is 8.76. The van der Waals surface area contributed by atoms with Gasteiger partial charge in [0, 0.05) is 11.8 Å². The highest BCUT2D eigenvalue weighted by atomic mass is 15.0. The van der Waals surface area contributed by atoms with Crippen molar-refractivity contribution in [1.82, 2.24) is 0 Å². The highest BCUT2D eigenvalue weighted by molar-refractivity contribution is 5.55. The summed E-state index contributed by atoms with van der Waals surface area (Å²) in [6, 6.07) is 0.681. The molecule has 0 aromatic rings. The average molecular weight is 154 g/mol. The van der Waals surface area contributed by atoms with E-state index in [9.17, 15) is 0 Å². The van der Waals surface area contributed by atoms with Crippen molar-refractivity contribution in [1.29, 1.82) is 0 Å². The smallest absolute Gasteiger partial charge is 0.146 e. The first-order valence-corrected chi connectivity index (χ1v) is 4.70. The molecule has 1 rings (SSSR count). The molecule has 0 spiro atoms. The average Bonchev–Trinajstić information content (AvgIpc) is 1.85. The Hall–Kier alpha value is -0.330. The molecule has 0 aromatic heterocycles. The van der Waals surface area contributed by atoms with Crippen LogP contribution < -0.4 is 0 Å². The van der Waals surface area contributed by atoms with Gasteiger partial charge in [-0.15, -0.1) is 0 Å². The zero-order valence-corrected chi connectivity index (χ0v) is 8.17. The summed E-state index contributed by atoms with van der Waals surface area (Å²) in [7, 11) is 0. The zero-order chi connectivity index (χ0) is 8.43. The van der Waals surface area contributed by atoms with E-state index in [0.717, 1.165) is 11.8 Å². The third-order valence-corrected chi connectivity index (χ3v) is 2.41. The highest BCUT2D eigenvalue weighted by Gasteiger charge is 2.23. The summed E-state index contributed by atoms with van der Waals surface area (Å²) in [5.41, 5.74) is 0. The number of rotatable bonds is 1. The fourth-order valence-corrected chi connectivity index (χ4v) is 1.90. The van der Waals surface area contributed by atoms with Crippen LogP contribution in [0.25, 0.3) is 0 Å². The third kappa shape index (κ3) is 2.32. The van der Waals surface area contributed by atoms with Gasteiger partial charge in [-0.2, -0.15) is 0 Å². The van der Waals surface area contributed by atoms with Crippen LogP contribution in [0.15, 0.2) is 0 Å². The molecule has 0 unspecified atom stereocenters. The second-order valence-electron chi connectivity index (χ2n) is 4.26. The molecule has 1 heterocycles. The van der Waals surface area contributed by atoms with E-state index in [1.807, 2.05) is 0 Å². The van der Waals surface area contributed by atoms with Gasteiger partial charge >= 0.3 is 0 Å². The molecule has 0 aromatic carbocycles. The van der Waals surface area contributed by atoms with Gasteiger partial charge in [0.05, 0.1) is 0 Å². The predicted molar refractivity (Wildman–Crippen MR) is 49.3 cm³/mol. The van der Waals surface area contributed by atoms with Gasteiger partial charge < -0.3 is 0 Å². The molecule has 0 fully saturated rings. The summed E-state index contributed by atoms with van der Waals surface area (Å²) in [6.07, 6.45) is 3.76. The van der Waals surface area contributed by atoms with E-state index in [1.54, 1.807) is 0 Å². The summed E-state index contributed by atoms with van der Waals surface area (Å²) in [5, 5.41) is 0. The van der Waals surface area contributed by atoms with Crippen LogP contribution in [0.1, 0.15) is 34.1 Å². The minimum Gasteiger partial charge on any atom is -0.237 e. The van der Waals surface area contributed by atoms with E-state index >= 15 is 0 Å². The van der Waals surface area contributed by atoms with Gasteiger partial charge in [-0.1, -0.05) is 13.8 Å². The normalized spacial score (nSPS) is 32.3. The fraction of sp³-hybridized carbons (Fsp3) is 0.900. The lowest BCUT2D eigenvalue weighted by Crippen LogP contribution is -2.33. The molecule has 1 aliphatic rings. The lowest BCUT2D eigenvalue weighted by molar-refractivity contribution is -0.566. The zero-order valence-electron chi connectivity index (χ0n) is 8.17. The summed E-state index contributed by atoms with van der Waals surface area (Å²) in [6.45, 7) is 10.4. The maximum Gasteiger partial charge on any atom is 0.146 e. The second-order valence-corrected chi connectivity index (χ2v) is 4.26. The molecule has 0 N–H and O–H groups in total. The van der Waals surface area contributed by atoms with Crippen LogP contribution in [0.2, 0.25) is 0 Å². The number of hydrogen-bond donors (Lipinski definition) is 0. The van der Waals surface area contributed by atoms with Crippen LogP contribution in [0.5, 0.6) is 0 Å². The predicted octanol–water partition coefficient (Wildman–Crippen LogP) is 2.15. The molecule has 0 radical (unpaired) electrons. The van der Waals surface area contributed by atoms with E-state index in [1.165, 1.54) is 13.0 Å². The number of nitrogens with zero attached hydrogens (tertiary/aromatic N) is 1. The van der Waals surface area contributed by atoms with Crippen LogP contribution in [0.3, 0.4) is 0 Å². The first-order valence-electron chi connectivity index (χ1n) is 4.70. The minimum atomic E-state index is 0.681. The quantitative estimate of drug-likeness (QED) is 0.509. The van der Waals surface area contributed by atoms with Crippen LogP contribution in [-0.4, -0.2) is 23.4 Å². The minimum absolute atomic E-state index is 0.681. The summed E-state index contributed by atoms with van der Waals surface area (Å²) in [4.78, 5) is 0. The highest BCUT2D eigenvalue weighted by Crippen LogP contribution is 2.15. The van der Waals surface area contributed by atoms with E-state index in [2.05, 4.69) is 38.5 Å². The Balaban J connectivity index is 2.64. The van der Waals surface area contributed by atoms with E-state index in [0.29, 0.717) is 6.04 Å². The molecule has 1 nitrogen and oxygen atoms in total. The van der Waals surface area contributed by atoms with E-state index < -0.39 is 0 Å². The van der Waals surface area contributed by atoms with Crippen LogP contribution in [0, 0.1) is 11.8 Å². The Morgan fingerprint density at radius 3 is 2.45 bits per heavy atom. The Morgan fingerprint density at radius 2 is 2.00 bits per heavy atom. The van der Waals surface area contributed by atoms with Gasteiger partial charge in [-0.3, -0.25) is 0 Å². The maximum atomic E-state index is 2.47. The summed E-state index contributed by atoms with van der Waals surface area (Å²) < 4.78 is 2.47. The molecule has 2 atom stereocenters. The van der Waals surface area contributed by atoms with Gasteiger partial charge in [0.25, 0.3) is 0 Å². The summed E-state index contributed by atoms with van der Waals surface area (Å²) in [5.74, 6) is 1.65. The topological polar surface area (TPSA) is 3.01 Å². The molecule has 1 heteroatoms. The SMILES string of the molecule is CC(C)[N+]1=C[C@H](C)C[C@H](C)C1. The lowest BCUT2D eigenvalue weighted by Gasteiger charge is -2.20. The lowest BCUT2D eigenvalue weighted by atomic mass is 9.94. The monoisotopic (exact) mass is 154 g/mol. The largest absolute Gasteiger partial charge is 0.237 e. The first-order chi connectivity index (χ1) is 5.09. The van der Waals surface area contributed by atoms with Crippen molar-refractivity contribution < 1.29 is 4.58 Å².